The first kappa shape index (κ1) is 23.1. The highest BCUT2D eigenvalue weighted by molar-refractivity contribution is 6.32. The molecule has 0 saturated heterocycles. The maximum Gasteiger partial charge on any atom is 0.139 e. The molecule has 0 saturated carbocycles. The summed E-state index contributed by atoms with van der Waals surface area (Å²) in [5, 5.41) is 13.3. The molecular weight excluding hydrogens is 419 g/mol. The smallest absolute Gasteiger partial charge is 0.139 e. The Bertz CT molecular complexity index is 1200. The number of hydrogen-bond donors (Lipinski definition) is 1. The van der Waals surface area contributed by atoms with Crippen molar-refractivity contribution >= 4 is 36.2 Å². The Hall–Kier alpha value is -3.62. The number of hydrogen-bond acceptors (Lipinski definition) is 4. The molecule has 0 atom stereocenters. The van der Waals surface area contributed by atoms with Crippen molar-refractivity contribution in [1.82, 2.24) is 5.32 Å². The van der Waals surface area contributed by atoms with Crippen LogP contribution < -0.4 is 20.3 Å². The van der Waals surface area contributed by atoms with Crippen LogP contribution in [0.2, 0.25) is 5.02 Å². The summed E-state index contributed by atoms with van der Waals surface area (Å²) in [6.45, 7) is 6.38. The first-order valence-electron chi connectivity index (χ1n) is 10.1. The molecule has 0 aromatic heterocycles. The van der Waals surface area contributed by atoms with Crippen LogP contribution in [0.3, 0.4) is 0 Å². The van der Waals surface area contributed by atoms with Gasteiger partial charge in [-0.2, -0.15) is 5.26 Å². The van der Waals surface area contributed by atoms with E-state index in [-0.39, 0.29) is 0 Å². The van der Waals surface area contributed by atoms with E-state index in [0.29, 0.717) is 28.7 Å². The molecule has 6 heteroatoms. The van der Waals surface area contributed by atoms with Gasteiger partial charge in [0.05, 0.1) is 18.7 Å². The van der Waals surface area contributed by atoms with Crippen molar-refractivity contribution in [3.8, 4) is 17.6 Å². The van der Waals surface area contributed by atoms with Crippen LogP contribution in [-0.4, -0.2) is 15.0 Å². The third-order valence-electron chi connectivity index (χ3n) is 5.03. The predicted molar refractivity (Wildman–Crippen MR) is 134 cm³/mol. The molecule has 3 aromatic carbocycles. The Morgan fingerprint density at radius 2 is 1.91 bits per heavy atom. The molecule has 3 rings (SSSR count). The van der Waals surface area contributed by atoms with E-state index in [9.17, 15) is 5.26 Å². The van der Waals surface area contributed by atoms with Gasteiger partial charge in [0.15, 0.2) is 0 Å². The molecule has 1 N–H and O–H groups in total. The van der Waals surface area contributed by atoms with Crippen molar-refractivity contribution in [3.05, 3.63) is 101 Å². The molecule has 0 aliphatic carbocycles. The molecule has 0 bridgehead atoms. The lowest BCUT2D eigenvalue weighted by molar-refractivity contribution is 0.303. The fraction of sp³-hybridized carbons (Fsp3) is 0.115. The minimum atomic E-state index is 0.308. The van der Waals surface area contributed by atoms with E-state index in [4.69, 9.17) is 21.1 Å². The molecule has 4 nitrogen and oxygen atoms in total. The lowest BCUT2D eigenvalue weighted by Crippen LogP contribution is -2.06. The van der Waals surface area contributed by atoms with Crippen LogP contribution in [-0.2, 0) is 6.61 Å². The molecule has 0 radical (unpaired) electrons. The van der Waals surface area contributed by atoms with Gasteiger partial charge in [-0.15, -0.1) is 0 Å². The number of rotatable bonds is 8. The van der Waals surface area contributed by atoms with Gasteiger partial charge in [-0.25, -0.2) is 0 Å². The van der Waals surface area contributed by atoms with E-state index in [0.717, 1.165) is 33.4 Å². The Morgan fingerprint density at radius 1 is 1.16 bits per heavy atom. The zero-order valence-electron chi connectivity index (χ0n) is 18.4. The largest absolute Gasteiger partial charge is 0.496 e. The van der Waals surface area contributed by atoms with Crippen molar-refractivity contribution in [2.24, 2.45) is 0 Å². The zero-order valence-corrected chi connectivity index (χ0v) is 19.2. The van der Waals surface area contributed by atoms with Gasteiger partial charge in [-0.05, 0) is 42.3 Å². The first-order chi connectivity index (χ1) is 15.4. The second kappa shape index (κ2) is 10.6. The normalized spacial score (nSPS) is 10.9. The number of benzene rings is 3. The van der Waals surface area contributed by atoms with Gasteiger partial charge in [0.2, 0.25) is 0 Å². The van der Waals surface area contributed by atoms with Crippen LogP contribution in [0.15, 0.2) is 73.4 Å². The van der Waals surface area contributed by atoms with E-state index in [1.165, 1.54) is 0 Å². The molecule has 0 spiro atoms. The fourth-order valence-electron chi connectivity index (χ4n) is 3.18. The Labute approximate surface area is 195 Å². The molecule has 0 unspecified atom stereocenters. The number of ether oxygens (including phenoxy) is 2. The van der Waals surface area contributed by atoms with Gasteiger partial charge in [0.25, 0.3) is 0 Å². The molecule has 3 aromatic rings. The van der Waals surface area contributed by atoms with Crippen molar-refractivity contribution in [3.63, 3.8) is 0 Å². The van der Waals surface area contributed by atoms with Gasteiger partial charge in [0, 0.05) is 34.1 Å². The maximum atomic E-state index is 9.34. The number of nitrogens with zero attached hydrogens (tertiary/aromatic N) is 1. The lowest BCUT2D eigenvalue weighted by Gasteiger charge is -2.14. The summed E-state index contributed by atoms with van der Waals surface area (Å²) in [5.74, 6) is 1.36. The average molecular weight is 443 g/mol. The molecule has 0 amide bonds. The lowest BCUT2D eigenvalue weighted by atomic mass is 9.92. The summed E-state index contributed by atoms with van der Waals surface area (Å²) in [4.78, 5) is 0. The molecule has 0 heterocycles. The van der Waals surface area contributed by atoms with Gasteiger partial charge in [0.1, 0.15) is 26.0 Å². The van der Waals surface area contributed by atoms with Crippen molar-refractivity contribution < 1.29 is 9.47 Å². The number of nitriles is 1. The molecular formula is C26H24BClN2O2. The van der Waals surface area contributed by atoms with Crippen LogP contribution in [0.25, 0.3) is 11.3 Å². The molecule has 160 valence electrons. The van der Waals surface area contributed by atoms with Gasteiger partial charge in [-0.3, -0.25) is 0 Å². The molecule has 0 fully saturated rings. The number of halogens is 1. The minimum absolute atomic E-state index is 0.308. The van der Waals surface area contributed by atoms with Crippen LogP contribution >= 0.6 is 11.6 Å². The Balaban J connectivity index is 1.71. The zero-order chi connectivity index (χ0) is 23.1. The van der Waals surface area contributed by atoms with Crippen LogP contribution in [0.4, 0.5) is 0 Å². The third kappa shape index (κ3) is 5.75. The van der Waals surface area contributed by atoms with Gasteiger partial charge in [-0.1, -0.05) is 54.0 Å². The van der Waals surface area contributed by atoms with E-state index >= 15 is 0 Å². The standard InChI is InChI=1S/C26H24BClN2O2/c1-17(15-30-18(2)19-5-8-23(28)9-6-19)25-11-10-24(13-26(25)31-3)32-16-20-4-7-22(27)12-21(20)14-29/h4-13,15,30H,2,16,27H2,1,3H3/b17-15+. The average Bonchev–Trinajstić information content (AvgIpc) is 2.81. The fourth-order valence-corrected chi connectivity index (χ4v) is 3.30. The summed E-state index contributed by atoms with van der Waals surface area (Å²) >= 11 is 5.95. The van der Waals surface area contributed by atoms with E-state index in [1.807, 2.05) is 81.6 Å². The maximum absolute atomic E-state index is 9.34. The summed E-state index contributed by atoms with van der Waals surface area (Å²) in [6.07, 6.45) is 1.89. The van der Waals surface area contributed by atoms with E-state index < -0.39 is 0 Å². The number of nitrogens with one attached hydrogen (secondary N) is 1. The SMILES string of the molecule is Bc1ccc(COc2ccc(/C(C)=C/NC(=C)c3ccc(Cl)cc3)c(OC)c2)c(C#N)c1. The second-order valence-corrected chi connectivity index (χ2v) is 7.82. The van der Waals surface area contributed by atoms with Crippen molar-refractivity contribution in [1.29, 1.82) is 5.26 Å². The number of methoxy groups -OCH3 is 1. The second-order valence-electron chi connectivity index (χ2n) is 7.38. The summed E-state index contributed by atoms with van der Waals surface area (Å²) in [6, 6.07) is 21.2. The Kier molecular flexibility index (Phi) is 7.65. The highest BCUT2D eigenvalue weighted by Gasteiger charge is 2.09. The number of allylic oxidation sites excluding steroid dienone is 1. The summed E-state index contributed by atoms with van der Waals surface area (Å²) in [5.41, 5.74) is 6.17. The van der Waals surface area contributed by atoms with E-state index in [2.05, 4.69) is 18.0 Å². The highest BCUT2D eigenvalue weighted by atomic mass is 35.5. The molecule has 0 aliphatic rings. The van der Waals surface area contributed by atoms with Gasteiger partial charge >= 0.3 is 0 Å². The quantitative estimate of drug-likeness (QED) is 0.515. The van der Waals surface area contributed by atoms with Crippen LogP contribution in [0, 0.1) is 11.3 Å². The van der Waals surface area contributed by atoms with Gasteiger partial charge < -0.3 is 14.8 Å². The van der Waals surface area contributed by atoms with Crippen LogP contribution in [0.1, 0.15) is 29.2 Å². The molecule has 0 aliphatic heterocycles. The highest BCUT2D eigenvalue weighted by Crippen LogP contribution is 2.30. The first-order valence-corrected chi connectivity index (χ1v) is 10.5. The molecule has 32 heavy (non-hydrogen) atoms. The Morgan fingerprint density at radius 3 is 2.59 bits per heavy atom. The minimum Gasteiger partial charge on any atom is -0.496 e. The van der Waals surface area contributed by atoms with Crippen molar-refractivity contribution in [2.45, 2.75) is 13.5 Å². The topological polar surface area (TPSA) is 54.3 Å². The van der Waals surface area contributed by atoms with Crippen LogP contribution in [0.5, 0.6) is 11.5 Å². The summed E-state index contributed by atoms with van der Waals surface area (Å²) in [7, 11) is 3.59. The predicted octanol–water partition coefficient (Wildman–Crippen LogP) is 4.68. The monoisotopic (exact) mass is 442 g/mol. The van der Waals surface area contributed by atoms with E-state index in [1.54, 1.807) is 7.11 Å². The summed E-state index contributed by atoms with van der Waals surface area (Å²) < 4.78 is 11.5. The third-order valence-corrected chi connectivity index (χ3v) is 5.29. The van der Waals surface area contributed by atoms with Crippen molar-refractivity contribution in [2.75, 3.05) is 7.11 Å².